The van der Waals surface area contributed by atoms with E-state index in [1.54, 1.807) is 0 Å². The van der Waals surface area contributed by atoms with Gasteiger partial charge in [0.25, 0.3) is 0 Å². The predicted octanol–water partition coefficient (Wildman–Crippen LogP) is 13.3. The van der Waals surface area contributed by atoms with Crippen LogP contribution in [0.5, 0.6) is 0 Å². The van der Waals surface area contributed by atoms with Gasteiger partial charge < -0.3 is 9.32 Å². The van der Waals surface area contributed by atoms with Gasteiger partial charge in [-0.1, -0.05) is 129 Å². The molecule has 1 aliphatic rings. The van der Waals surface area contributed by atoms with E-state index in [2.05, 4.69) is 170 Å². The van der Waals surface area contributed by atoms with Gasteiger partial charge in [0, 0.05) is 39.3 Å². The Hall–Kier alpha value is -6.12. The summed E-state index contributed by atoms with van der Waals surface area (Å²) in [6, 6.07) is 59.4. The highest BCUT2D eigenvalue weighted by Crippen LogP contribution is 2.52. The van der Waals surface area contributed by atoms with Crippen molar-refractivity contribution in [3.63, 3.8) is 0 Å². The minimum Gasteiger partial charge on any atom is -0.456 e. The van der Waals surface area contributed by atoms with E-state index in [0.29, 0.717) is 0 Å². The molecule has 2 nitrogen and oxygen atoms in total. The fourth-order valence-corrected chi connectivity index (χ4v) is 8.22. The Bertz CT molecular complexity index is 2750. The molecule has 0 saturated carbocycles. The van der Waals surface area contributed by atoms with Crippen molar-refractivity contribution in [3.8, 4) is 22.3 Å². The van der Waals surface area contributed by atoms with Gasteiger partial charge in [-0.3, -0.25) is 0 Å². The summed E-state index contributed by atoms with van der Waals surface area (Å²) in [7, 11) is 0. The first-order chi connectivity index (χ1) is 24.0. The molecule has 8 aromatic carbocycles. The van der Waals surface area contributed by atoms with Crippen LogP contribution >= 0.6 is 0 Å². The normalized spacial score (nSPS) is 13.3. The van der Waals surface area contributed by atoms with Crippen LogP contribution in [-0.4, -0.2) is 0 Å². The molecule has 232 valence electrons. The SMILES string of the molecule is CC1(C)c2ccccc2-c2c1ccc1ccc3ccc(N(c4cccc(-c5ccccc5)c4)c4ccc5c(c4)oc4ccccc45)cc3c21. The number of fused-ring (bicyclic) bond motifs is 10. The van der Waals surface area contributed by atoms with Gasteiger partial charge in [-0.05, 0) is 97.4 Å². The van der Waals surface area contributed by atoms with Crippen molar-refractivity contribution >= 4 is 60.5 Å². The molecule has 0 N–H and O–H groups in total. The van der Waals surface area contributed by atoms with Crippen molar-refractivity contribution in [1.29, 1.82) is 0 Å². The third-order valence-electron chi connectivity index (χ3n) is 10.6. The monoisotopic (exact) mass is 627 g/mol. The van der Waals surface area contributed by atoms with Gasteiger partial charge in [-0.25, -0.2) is 0 Å². The Morgan fingerprint density at radius 3 is 2.04 bits per heavy atom. The van der Waals surface area contributed by atoms with Crippen LogP contribution < -0.4 is 4.90 Å². The first-order valence-electron chi connectivity index (χ1n) is 17.0. The Balaban J connectivity index is 1.24. The summed E-state index contributed by atoms with van der Waals surface area (Å²) in [4.78, 5) is 2.37. The maximum Gasteiger partial charge on any atom is 0.137 e. The molecule has 0 fully saturated rings. The summed E-state index contributed by atoms with van der Waals surface area (Å²) in [5.41, 5.74) is 12.8. The Labute approximate surface area is 285 Å². The smallest absolute Gasteiger partial charge is 0.137 e. The second kappa shape index (κ2) is 10.4. The van der Waals surface area contributed by atoms with Gasteiger partial charge in [0.05, 0.1) is 0 Å². The second-order valence-corrected chi connectivity index (χ2v) is 13.8. The highest BCUT2D eigenvalue weighted by molar-refractivity contribution is 6.17. The van der Waals surface area contributed by atoms with E-state index in [4.69, 9.17) is 4.42 Å². The van der Waals surface area contributed by atoms with Gasteiger partial charge in [-0.2, -0.15) is 0 Å². The molecular formula is C47H33NO. The molecule has 0 amide bonds. The molecule has 2 heteroatoms. The van der Waals surface area contributed by atoms with E-state index in [0.717, 1.165) is 39.0 Å². The van der Waals surface area contributed by atoms with Crippen molar-refractivity contribution < 1.29 is 4.42 Å². The molecule has 0 spiro atoms. The van der Waals surface area contributed by atoms with E-state index in [-0.39, 0.29) is 5.41 Å². The molecule has 1 aliphatic carbocycles. The summed E-state index contributed by atoms with van der Waals surface area (Å²) >= 11 is 0. The summed E-state index contributed by atoms with van der Waals surface area (Å²) < 4.78 is 6.41. The van der Waals surface area contributed by atoms with Crippen molar-refractivity contribution in [2.75, 3.05) is 4.90 Å². The van der Waals surface area contributed by atoms with Crippen LogP contribution in [0.2, 0.25) is 0 Å². The predicted molar refractivity (Wildman–Crippen MR) is 206 cm³/mol. The molecule has 49 heavy (non-hydrogen) atoms. The number of para-hydroxylation sites is 1. The number of benzene rings is 8. The lowest BCUT2D eigenvalue weighted by molar-refractivity contribution is 0.661. The molecule has 0 saturated heterocycles. The lowest BCUT2D eigenvalue weighted by Crippen LogP contribution is -2.14. The number of hydrogen-bond acceptors (Lipinski definition) is 2. The quantitative estimate of drug-likeness (QED) is 0.181. The molecule has 1 heterocycles. The molecule has 0 atom stereocenters. The lowest BCUT2D eigenvalue weighted by atomic mass is 9.82. The Kier molecular flexibility index (Phi) is 5.95. The van der Waals surface area contributed by atoms with Gasteiger partial charge >= 0.3 is 0 Å². The summed E-state index contributed by atoms with van der Waals surface area (Å²) in [5.74, 6) is 0. The molecule has 10 rings (SSSR count). The highest BCUT2D eigenvalue weighted by atomic mass is 16.3. The minimum atomic E-state index is -0.0637. The zero-order chi connectivity index (χ0) is 32.7. The summed E-state index contributed by atoms with van der Waals surface area (Å²) in [6.07, 6.45) is 0. The van der Waals surface area contributed by atoms with Crippen molar-refractivity contribution in [1.82, 2.24) is 0 Å². The molecular weight excluding hydrogens is 595 g/mol. The van der Waals surface area contributed by atoms with Crippen LogP contribution in [0.1, 0.15) is 25.0 Å². The minimum absolute atomic E-state index is 0.0637. The summed E-state index contributed by atoms with van der Waals surface area (Å²) in [6.45, 7) is 4.71. The zero-order valence-electron chi connectivity index (χ0n) is 27.4. The average Bonchev–Trinajstić information content (AvgIpc) is 3.63. The number of hydrogen-bond donors (Lipinski definition) is 0. The average molecular weight is 628 g/mol. The van der Waals surface area contributed by atoms with Crippen molar-refractivity contribution in [2.24, 2.45) is 0 Å². The zero-order valence-corrected chi connectivity index (χ0v) is 27.4. The van der Waals surface area contributed by atoms with Gasteiger partial charge in [-0.15, -0.1) is 0 Å². The van der Waals surface area contributed by atoms with Gasteiger partial charge in [0.2, 0.25) is 0 Å². The second-order valence-electron chi connectivity index (χ2n) is 13.8. The van der Waals surface area contributed by atoms with Crippen LogP contribution in [-0.2, 0) is 5.41 Å². The number of furan rings is 1. The Morgan fingerprint density at radius 2 is 1.12 bits per heavy atom. The van der Waals surface area contributed by atoms with E-state index in [1.165, 1.54) is 54.9 Å². The molecule has 1 aromatic heterocycles. The maximum atomic E-state index is 6.41. The van der Waals surface area contributed by atoms with E-state index in [1.807, 2.05) is 12.1 Å². The van der Waals surface area contributed by atoms with E-state index in [9.17, 15) is 0 Å². The standard InChI is InChI=1S/C47H33NO/c1-47(2)41-17-8-6-16-39(41)46-42(47)26-22-32-20-19-31-21-23-35(28-40(31)45(32)46)48(34-14-10-13-33(27-34)30-11-4-3-5-12-30)36-24-25-38-37-15-7-9-18-43(37)49-44(38)29-36/h3-29H,1-2H3. The molecule has 0 radical (unpaired) electrons. The first kappa shape index (κ1) is 27.9. The van der Waals surface area contributed by atoms with Crippen LogP contribution in [0.15, 0.2) is 168 Å². The number of anilines is 3. The van der Waals surface area contributed by atoms with Gasteiger partial charge in [0.15, 0.2) is 0 Å². The fourth-order valence-electron chi connectivity index (χ4n) is 8.22. The largest absolute Gasteiger partial charge is 0.456 e. The number of nitrogens with zero attached hydrogens (tertiary/aromatic N) is 1. The third-order valence-corrected chi connectivity index (χ3v) is 10.6. The van der Waals surface area contributed by atoms with Crippen LogP contribution in [0.25, 0.3) is 65.7 Å². The first-order valence-corrected chi connectivity index (χ1v) is 17.0. The van der Waals surface area contributed by atoms with Crippen LogP contribution in [0, 0.1) is 0 Å². The third kappa shape index (κ3) is 4.20. The maximum absolute atomic E-state index is 6.41. The molecule has 0 unspecified atom stereocenters. The lowest BCUT2D eigenvalue weighted by Gasteiger charge is -2.27. The van der Waals surface area contributed by atoms with Crippen molar-refractivity contribution in [3.05, 3.63) is 175 Å². The fraction of sp³-hybridized carbons (Fsp3) is 0.0638. The summed E-state index contributed by atoms with van der Waals surface area (Å²) in [5, 5.41) is 7.33. The molecule has 0 bridgehead atoms. The number of rotatable bonds is 4. The van der Waals surface area contributed by atoms with Crippen LogP contribution in [0.4, 0.5) is 17.1 Å². The van der Waals surface area contributed by atoms with Crippen molar-refractivity contribution in [2.45, 2.75) is 19.3 Å². The van der Waals surface area contributed by atoms with Gasteiger partial charge in [0.1, 0.15) is 11.2 Å². The molecule has 0 aliphatic heterocycles. The Morgan fingerprint density at radius 1 is 0.449 bits per heavy atom. The van der Waals surface area contributed by atoms with E-state index >= 15 is 0 Å². The van der Waals surface area contributed by atoms with E-state index < -0.39 is 0 Å². The highest BCUT2D eigenvalue weighted by Gasteiger charge is 2.36. The topological polar surface area (TPSA) is 16.4 Å². The van der Waals surface area contributed by atoms with Crippen LogP contribution in [0.3, 0.4) is 0 Å². The molecule has 9 aromatic rings.